The monoisotopic (exact) mass is 337 g/mol. The molecule has 0 radical (unpaired) electrons. The van der Waals surface area contributed by atoms with E-state index in [1.54, 1.807) is 20.3 Å². The number of fused-ring (bicyclic) bond motifs is 5. The van der Waals surface area contributed by atoms with Crippen LogP contribution in [0.2, 0.25) is 0 Å². The number of H-pyrrole nitrogens is 1. The number of furan rings is 1. The van der Waals surface area contributed by atoms with Crippen molar-refractivity contribution in [2.75, 3.05) is 14.2 Å². The molecule has 1 aromatic carbocycles. The van der Waals surface area contributed by atoms with Crippen molar-refractivity contribution in [3.63, 3.8) is 0 Å². The van der Waals surface area contributed by atoms with Crippen LogP contribution >= 0.6 is 0 Å². The molecule has 0 spiro atoms. The topological polar surface area (TPSA) is 64.5 Å². The molecule has 128 valence electrons. The molecule has 1 aliphatic carbocycles. The lowest BCUT2D eigenvalue weighted by Gasteiger charge is -2.13. The lowest BCUT2D eigenvalue weighted by atomic mass is 9.98. The van der Waals surface area contributed by atoms with Gasteiger partial charge in [-0.1, -0.05) is 6.08 Å². The molecule has 2 heterocycles. The van der Waals surface area contributed by atoms with Crippen molar-refractivity contribution in [3.05, 3.63) is 51.6 Å². The van der Waals surface area contributed by atoms with Gasteiger partial charge in [-0.3, -0.25) is 4.79 Å². The summed E-state index contributed by atoms with van der Waals surface area (Å²) in [4.78, 5) is 15.6. The van der Waals surface area contributed by atoms with Gasteiger partial charge < -0.3 is 18.9 Å². The van der Waals surface area contributed by atoms with Gasteiger partial charge in [-0.05, 0) is 37.6 Å². The largest absolute Gasteiger partial charge is 0.493 e. The van der Waals surface area contributed by atoms with Crippen LogP contribution in [0, 0.1) is 6.92 Å². The van der Waals surface area contributed by atoms with Crippen molar-refractivity contribution in [1.29, 1.82) is 0 Å². The van der Waals surface area contributed by atoms with Gasteiger partial charge in [0.15, 0.2) is 11.5 Å². The molecular formula is C20H19NO4. The van der Waals surface area contributed by atoms with Gasteiger partial charge in [0.25, 0.3) is 5.56 Å². The third-order valence-corrected chi connectivity index (χ3v) is 4.72. The molecule has 0 amide bonds. The van der Waals surface area contributed by atoms with E-state index in [0.717, 1.165) is 39.3 Å². The fraction of sp³-hybridized carbons (Fsp3) is 0.250. The summed E-state index contributed by atoms with van der Waals surface area (Å²) >= 11 is 0. The number of aromatic nitrogens is 1. The zero-order chi connectivity index (χ0) is 17.7. The second kappa shape index (κ2) is 5.55. The first-order valence-electron chi connectivity index (χ1n) is 8.12. The first-order valence-corrected chi connectivity index (χ1v) is 8.12. The van der Waals surface area contributed by atoms with Crippen LogP contribution in [-0.4, -0.2) is 19.2 Å². The number of nitrogens with one attached hydrogen (secondary N) is 1. The maximum Gasteiger partial charge on any atom is 0.256 e. The molecule has 0 fully saturated rings. The number of rotatable bonds is 2. The first-order chi connectivity index (χ1) is 12.0. The molecule has 0 aliphatic heterocycles. The summed E-state index contributed by atoms with van der Waals surface area (Å²) in [7, 11) is 3.15. The predicted octanol–water partition coefficient (Wildman–Crippen LogP) is 4.07. The highest BCUT2D eigenvalue weighted by Gasteiger charge is 2.24. The molecule has 0 atom stereocenters. The van der Waals surface area contributed by atoms with Crippen LogP contribution in [0.3, 0.4) is 0 Å². The Labute approximate surface area is 144 Å². The minimum absolute atomic E-state index is 0.146. The second-order valence-corrected chi connectivity index (χ2v) is 6.25. The lowest BCUT2D eigenvalue weighted by Crippen LogP contribution is -2.11. The molecule has 2 aromatic heterocycles. The van der Waals surface area contributed by atoms with E-state index in [1.807, 2.05) is 19.1 Å². The molecule has 0 bridgehead atoms. The number of benzene rings is 1. The summed E-state index contributed by atoms with van der Waals surface area (Å²) in [6, 6.07) is 5.60. The van der Waals surface area contributed by atoms with Gasteiger partial charge >= 0.3 is 0 Å². The van der Waals surface area contributed by atoms with Crippen molar-refractivity contribution < 1.29 is 13.9 Å². The average Bonchev–Trinajstić information content (AvgIpc) is 2.94. The van der Waals surface area contributed by atoms with Crippen LogP contribution in [-0.2, 0) is 6.42 Å². The van der Waals surface area contributed by atoms with E-state index < -0.39 is 0 Å². The number of aryl methyl sites for hydroxylation is 1. The lowest BCUT2D eigenvalue weighted by molar-refractivity contribution is 0.356. The molecule has 25 heavy (non-hydrogen) atoms. The highest BCUT2D eigenvalue weighted by Crippen LogP contribution is 2.42. The zero-order valence-electron chi connectivity index (χ0n) is 14.6. The van der Waals surface area contributed by atoms with E-state index in [1.165, 1.54) is 0 Å². The number of allylic oxidation sites excluding steroid dienone is 2. The van der Waals surface area contributed by atoms with Gasteiger partial charge in [0.1, 0.15) is 11.5 Å². The number of hydrogen-bond donors (Lipinski definition) is 1. The standard InChI is InChI=1S/C20H19NO4/c1-10-5-6-15-18(19-12(10)7-11(2)25-19)13-8-16(23-3)17(24-4)9-14(13)20(22)21-15/h5,7-9H,6H2,1-4H3,(H,21,22). The van der Waals surface area contributed by atoms with Gasteiger partial charge in [0, 0.05) is 28.6 Å². The molecule has 0 saturated carbocycles. The van der Waals surface area contributed by atoms with E-state index in [-0.39, 0.29) is 5.56 Å². The Morgan fingerprint density at radius 2 is 1.72 bits per heavy atom. The number of pyridine rings is 1. The molecule has 5 nitrogen and oxygen atoms in total. The molecule has 1 N–H and O–H groups in total. The average molecular weight is 337 g/mol. The van der Waals surface area contributed by atoms with Gasteiger partial charge in [0.05, 0.1) is 19.6 Å². The maximum absolute atomic E-state index is 12.6. The van der Waals surface area contributed by atoms with Crippen molar-refractivity contribution in [2.45, 2.75) is 20.3 Å². The van der Waals surface area contributed by atoms with Crippen LogP contribution in [0.15, 0.2) is 33.5 Å². The van der Waals surface area contributed by atoms with Crippen LogP contribution in [0.1, 0.15) is 23.9 Å². The van der Waals surface area contributed by atoms with Crippen LogP contribution < -0.4 is 15.0 Å². The number of methoxy groups -OCH3 is 2. The fourth-order valence-electron chi connectivity index (χ4n) is 3.47. The smallest absolute Gasteiger partial charge is 0.256 e. The second-order valence-electron chi connectivity index (χ2n) is 6.25. The Bertz CT molecular complexity index is 1090. The number of hydrogen-bond acceptors (Lipinski definition) is 4. The Hall–Kier alpha value is -2.95. The minimum Gasteiger partial charge on any atom is -0.493 e. The highest BCUT2D eigenvalue weighted by atomic mass is 16.5. The summed E-state index contributed by atoms with van der Waals surface area (Å²) in [5, 5.41) is 1.35. The van der Waals surface area contributed by atoms with Gasteiger partial charge in [-0.2, -0.15) is 0 Å². The predicted molar refractivity (Wildman–Crippen MR) is 97.5 cm³/mol. The highest BCUT2D eigenvalue weighted by molar-refractivity contribution is 6.00. The van der Waals surface area contributed by atoms with E-state index >= 15 is 0 Å². The van der Waals surface area contributed by atoms with E-state index in [0.29, 0.717) is 23.3 Å². The van der Waals surface area contributed by atoms with Crippen molar-refractivity contribution in [1.82, 2.24) is 4.98 Å². The molecule has 5 heteroatoms. The minimum atomic E-state index is -0.146. The summed E-state index contributed by atoms with van der Waals surface area (Å²) in [6.45, 7) is 3.99. The third kappa shape index (κ3) is 2.27. The summed E-state index contributed by atoms with van der Waals surface area (Å²) in [5.74, 6) is 2.73. The summed E-state index contributed by atoms with van der Waals surface area (Å²) in [5.41, 5.74) is 3.80. The van der Waals surface area contributed by atoms with Crippen LogP contribution in [0.5, 0.6) is 11.5 Å². The zero-order valence-corrected chi connectivity index (χ0v) is 14.6. The van der Waals surface area contributed by atoms with E-state index in [9.17, 15) is 4.79 Å². The molecule has 3 aromatic rings. The Morgan fingerprint density at radius 1 is 1.04 bits per heavy atom. The van der Waals surface area contributed by atoms with Crippen LogP contribution in [0.25, 0.3) is 27.7 Å². The van der Waals surface area contributed by atoms with Crippen molar-refractivity contribution >= 4 is 16.3 Å². The molecular weight excluding hydrogens is 318 g/mol. The van der Waals surface area contributed by atoms with Gasteiger partial charge in [-0.15, -0.1) is 0 Å². The maximum atomic E-state index is 12.6. The van der Waals surface area contributed by atoms with Gasteiger partial charge in [0.2, 0.25) is 0 Å². The van der Waals surface area contributed by atoms with Crippen LogP contribution in [0.4, 0.5) is 0 Å². The number of ether oxygens (including phenoxy) is 2. The Kier molecular flexibility index (Phi) is 3.46. The van der Waals surface area contributed by atoms with E-state index in [2.05, 4.69) is 18.0 Å². The molecule has 1 aliphatic rings. The Balaban J connectivity index is 2.17. The third-order valence-electron chi connectivity index (χ3n) is 4.72. The molecule has 0 unspecified atom stereocenters. The summed E-state index contributed by atoms with van der Waals surface area (Å²) < 4.78 is 16.8. The van der Waals surface area contributed by atoms with Crippen molar-refractivity contribution in [3.8, 4) is 22.8 Å². The molecule has 0 saturated heterocycles. The fourth-order valence-corrected chi connectivity index (χ4v) is 3.47. The SMILES string of the molecule is COc1cc2c3c([nH]c(=O)c2cc1OC)CC=C(C)c1cc(C)oc1-3. The molecule has 4 rings (SSSR count). The summed E-state index contributed by atoms with van der Waals surface area (Å²) in [6.07, 6.45) is 2.76. The van der Waals surface area contributed by atoms with Gasteiger partial charge in [-0.25, -0.2) is 0 Å². The number of aromatic amines is 1. The first kappa shape index (κ1) is 15.6. The normalized spacial score (nSPS) is 13.0. The quantitative estimate of drug-likeness (QED) is 0.765. The van der Waals surface area contributed by atoms with Crippen molar-refractivity contribution in [2.24, 2.45) is 0 Å². The van der Waals surface area contributed by atoms with E-state index in [4.69, 9.17) is 13.9 Å². The Morgan fingerprint density at radius 3 is 2.40 bits per heavy atom.